The minimum absolute atomic E-state index is 0.220. The van der Waals surface area contributed by atoms with Gasteiger partial charge in [-0.05, 0) is 30.9 Å². The van der Waals surface area contributed by atoms with Crippen molar-refractivity contribution in [3.8, 4) is 0 Å². The molecule has 4 rings (SSSR count). The number of hydrogen-bond donors (Lipinski definition) is 0. The van der Waals surface area contributed by atoms with E-state index in [1.54, 1.807) is 0 Å². The van der Waals surface area contributed by atoms with Crippen LogP contribution in [-0.2, 0) is 4.79 Å². The van der Waals surface area contributed by atoms with E-state index in [0.29, 0.717) is 5.78 Å². The molecule has 1 fully saturated rings. The summed E-state index contributed by atoms with van der Waals surface area (Å²) >= 11 is 0. The summed E-state index contributed by atoms with van der Waals surface area (Å²) in [7, 11) is 0. The Morgan fingerprint density at radius 2 is 1.28 bits per heavy atom. The standard InChI is InChI=1S/C24H26O/c1-17-14-15-23(2)20(18-10-6-4-7-11-18)21(19-12-8-5-9-13-19)24(3,16-17)22(23)25/h4-14,20-21H,15-16H2,1-3H3/t20-,21-,23+,24-/m1/s1. The summed E-state index contributed by atoms with van der Waals surface area (Å²) in [5, 5.41) is 0. The molecule has 0 N–H and O–H groups in total. The minimum Gasteiger partial charge on any atom is -0.298 e. The SMILES string of the molecule is CC1=CC[C@]2(C)C(=O)[C@](C)(C1)[C@H](c1ccccc1)[C@H]2c1ccccc1. The number of carbonyl (C=O) groups excluding carboxylic acids is 1. The summed E-state index contributed by atoms with van der Waals surface area (Å²) in [6.07, 6.45) is 4.01. The molecule has 0 spiro atoms. The number of carbonyl (C=O) groups is 1. The molecule has 1 nitrogen and oxygen atoms in total. The van der Waals surface area contributed by atoms with Crippen molar-refractivity contribution in [1.82, 2.24) is 0 Å². The van der Waals surface area contributed by atoms with Gasteiger partial charge in [0.25, 0.3) is 0 Å². The lowest BCUT2D eigenvalue weighted by atomic mass is 9.66. The number of allylic oxidation sites excluding steroid dienone is 2. The zero-order valence-electron chi connectivity index (χ0n) is 15.3. The molecular weight excluding hydrogens is 304 g/mol. The Balaban J connectivity index is 1.98. The molecule has 0 aromatic heterocycles. The van der Waals surface area contributed by atoms with Crippen molar-refractivity contribution >= 4 is 5.78 Å². The van der Waals surface area contributed by atoms with Gasteiger partial charge in [0.05, 0.1) is 0 Å². The molecule has 0 radical (unpaired) electrons. The molecule has 4 atom stereocenters. The van der Waals surface area contributed by atoms with Crippen LogP contribution in [-0.4, -0.2) is 5.78 Å². The molecule has 2 bridgehead atoms. The molecule has 0 heterocycles. The number of hydrogen-bond acceptors (Lipinski definition) is 1. The van der Waals surface area contributed by atoms with Crippen molar-refractivity contribution in [3.63, 3.8) is 0 Å². The van der Waals surface area contributed by atoms with E-state index in [2.05, 4.69) is 87.5 Å². The highest BCUT2D eigenvalue weighted by atomic mass is 16.1. The first-order valence-corrected chi connectivity index (χ1v) is 9.27. The van der Waals surface area contributed by atoms with Crippen LogP contribution in [0.2, 0.25) is 0 Å². The number of fused-ring (bicyclic) bond motifs is 2. The molecule has 0 amide bonds. The number of Topliss-reactive ketones (excluding diaryl/α,β-unsaturated/α-hetero) is 1. The summed E-state index contributed by atoms with van der Waals surface area (Å²) in [4.78, 5) is 13.7. The zero-order valence-corrected chi connectivity index (χ0v) is 15.3. The molecule has 128 valence electrons. The lowest BCUT2D eigenvalue weighted by molar-refractivity contribution is -0.132. The lowest BCUT2D eigenvalue weighted by Crippen LogP contribution is -2.32. The van der Waals surface area contributed by atoms with Crippen molar-refractivity contribution in [2.45, 2.75) is 45.4 Å². The van der Waals surface area contributed by atoms with Crippen molar-refractivity contribution < 1.29 is 4.79 Å². The van der Waals surface area contributed by atoms with Gasteiger partial charge in [0.15, 0.2) is 0 Å². The van der Waals surface area contributed by atoms with Crippen LogP contribution in [0.15, 0.2) is 72.3 Å². The molecule has 2 aromatic rings. The first kappa shape index (κ1) is 16.3. The predicted molar refractivity (Wildman–Crippen MR) is 103 cm³/mol. The van der Waals surface area contributed by atoms with Gasteiger partial charge >= 0.3 is 0 Å². The normalized spacial score (nSPS) is 34.5. The van der Waals surface area contributed by atoms with Crippen LogP contribution in [0.4, 0.5) is 0 Å². The van der Waals surface area contributed by atoms with Gasteiger partial charge in [-0.2, -0.15) is 0 Å². The lowest BCUT2D eigenvalue weighted by Gasteiger charge is -2.36. The molecule has 1 heteroatoms. The Hall–Kier alpha value is -2.15. The Morgan fingerprint density at radius 3 is 1.80 bits per heavy atom. The molecule has 2 aliphatic carbocycles. The van der Waals surface area contributed by atoms with Gasteiger partial charge < -0.3 is 0 Å². The fourth-order valence-corrected chi connectivity index (χ4v) is 5.56. The van der Waals surface area contributed by atoms with E-state index in [9.17, 15) is 4.79 Å². The van der Waals surface area contributed by atoms with E-state index in [0.717, 1.165) is 12.8 Å². The van der Waals surface area contributed by atoms with E-state index >= 15 is 0 Å². The molecule has 2 aromatic carbocycles. The maximum Gasteiger partial charge on any atom is 0.146 e. The summed E-state index contributed by atoms with van der Waals surface area (Å²) in [5.41, 5.74) is 3.27. The Labute approximate surface area is 150 Å². The van der Waals surface area contributed by atoms with Crippen LogP contribution < -0.4 is 0 Å². The second-order valence-electron chi connectivity index (χ2n) is 8.37. The molecule has 2 aliphatic rings. The number of ketones is 1. The molecule has 0 aliphatic heterocycles. The Morgan fingerprint density at radius 1 is 0.800 bits per heavy atom. The first-order chi connectivity index (χ1) is 12.0. The van der Waals surface area contributed by atoms with Gasteiger partial charge in [0.2, 0.25) is 0 Å². The van der Waals surface area contributed by atoms with Crippen LogP contribution in [0.3, 0.4) is 0 Å². The largest absolute Gasteiger partial charge is 0.298 e. The van der Waals surface area contributed by atoms with Crippen LogP contribution in [0.5, 0.6) is 0 Å². The highest BCUT2D eigenvalue weighted by Crippen LogP contribution is 2.66. The summed E-state index contributed by atoms with van der Waals surface area (Å²) in [6.45, 7) is 6.59. The smallest absolute Gasteiger partial charge is 0.146 e. The Kier molecular flexibility index (Phi) is 3.72. The van der Waals surface area contributed by atoms with E-state index in [1.165, 1.54) is 16.7 Å². The molecule has 1 saturated carbocycles. The van der Waals surface area contributed by atoms with Gasteiger partial charge in [-0.3, -0.25) is 4.79 Å². The van der Waals surface area contributed by atoms with E-state index in [1.807, 2.05) is 0 Å². The van der Waals surface area contributed by atoms with Crippen molar-refractivity contribution in [3.05, 3.63) is 83.4 Å². The van der Waals surface area contributed by atoms with Crippen LogP contribution in [0, 0.1) is 10.8 Å². The minimum atomic E-state index is -0.340. The third-order valence-electron chi connectivity index (χ3n) is 6.58. The van der Waals surface area contributed by atoms with E-state index in [4.69, 9.17) is 0 Å². The third-order valence-corrected chi connectivity index (χ3v) is 6.58. The van der Waals surface area contributed by atoms with Crippen LogP contribution in [0.25, 0.3) is 0 Å². The quantitative estimate of drug-likeness (QED) is 0.628. The van der Waals surface area contributed by atoms with Crippen LogP contribution >= 0.6 is 0 Å². The van der Waals surface area contributed by atoms with Crippen molar-refractivity contribution in [1.29, 1.82) is 0 Å². The van der Waals surface area contributed by atoms with Crippen molar-refractivity contribution in [2.75, 3.05) is 0 Å². The monoisotopic (exact) mass is 330 g/mol. The average Bonchev–Trinajstić information content (AvgIpc) is 2.74. The van der Waals surface area contributed by atoms with E-state index < -0.39 is 0 Å². The van der Waals surface area contributed by atoms with Crippen molar-refractivity contribution in [2.24, 2.45) is 10.8 Å². The van der Waals surface area contributed by atoms with Gasteiger partial charge in [-0.25, -0.2) is 0 Å². The topological polar surface area (TPSA) is 17.1 Å². The number of rotatable bonds is 2. The van der Waals surface area contributed by atoms with Gasteiger partial charge in [-0.1, -0.05) is 86.2 Å². The third kappa shape index (κ3) is 2.33. The first-order valence-electron chi connectivity index (χ1n) is 9.27. The molecule has 0 saturated heterocycles. The van der Waals surface area contributed by atoms with E-state index in [-0.39, 0.29) is 22.7 Å². The van der Waals surface area contributed by atoms with Gasteiger partial charge in [-0.15, -0.1) is 0 Å². The zero-order chi connectivity index (χ0) is 17.7. The molecule has 0 unspecified atom stereocenters. The number of benzene rings is 2. The molecule has 25 heavy (non-hydrogen) atoms. The second-order valence-corrected chi connectivity index (χ2v) is 8.37. The second kappa shape index (κ2) is 5.69. The van der Waals surface area contributed by atoms with Crippen LogP contribution in [0.1, 0.15) is 56.6 Å². The summed E-state index contributed by atoms with van der Waals surface area (Å²) in [6, 6.07) is 21.4. The highest BCUT2D eigenvalue weighted by molar-refractivity contribution is 5.96. The fourth-order valence-electron chi connectivity index (χ4n) is 5.56. The fraction of sp³-hybridized carbons (Fsp3) is 0.375. The average molecular weight is 330 g/mol. The molecular formula is C24H26O. The van der Waals surface area contributed by atoms with Gasteiger partial charge in [0.1, 0.15) is 5.78 Å². The summed E-state index contributed by atoms with van der Waals surface area (Å²) in [5.74, 6) is 0.881. The maximum absolute atomic E-state index is 13.7. The highest BCUT2D eigenvalue weighted by Gasteiger charge is 2.64. The summed E-state index contributed by atoms with van der Waals surface area (Å²) < 4.78 is 0. The predicted octanol–water partition coefficient (Wildman–Crippen LogP) is 5.89. The van der Waals surface area contributed by atoms with Gasteiger partial charge in [0, 0.05) is 22.7 Å². The Bertz CT molecular complexity index is 820. The maximum atomic E-state index is 13.7.